The number of aliphatic carboxylic acids is 1. The first-order chi connectivity index (χ1) is 8.65. The molecule has 5 nitrogen and oxygen atoms in total. The van der Waals surface area contributed by atoms with E-state index in [9.17, 15) is 13.6 Å². The van der Waals surface area contributed by atoms with Crippen LogP contribution in [-0.2, 0) is 11.2 Å². The molecule has 1 unspecified atom stereocenters. The zero-order valence-corrected chi connectivity index (χ0v) is 10.2. The van der Waals surface area contributed by atoms with E-state index in [0.717, 1.165) is 6.07 Å². The van der Waals surface area contributed by atoms with Crippen molar-refractivity contribution in [2.75, 3.05) is 0 Å². The van der Waals surface area contributed by atoms with Gasteiger partial charge in [0.2, 0.25) is 0 Å². The maximum absolute atomic E-state index is 12.9. The van der Waals surface area contributed by atoms with Gasteiger partial charge in [0, 0.05) is 12.0 Å². The first-order valence-electron chi connectivity index (χ1n) is 5.44. The number of hydrogen-bond donors (Lipinski definition) is 4. The summed E-state index contributed by atoms with van der Waals surface area (Å²) in [6, 6.07) is 3.40. The molecule has 0 amide bonds. The molecule has 5 N–H and O–H groups in total. The first kappa shape index (κ1) is 15.6. The highest BCUT2D eigenvalue weighted by atomic mass is 19.3. The first-order valence-corrected chi connectivity index (χ1v) is 5.44. The van der Waals surface area contributed by atoms with Crippen LogP contribution in [0.5, 0.6) is 0 Å². The average Bonchev–Trinajstić information content (AvgIpc) is 2.28. The van der Waals surface area contributed by atoms with Crippen LogP contribution in [0.15, 0.2) is 18.2 Å². The van der Waals surface area contributed by atoms with Gasteiger partial charge in [-0.25, -0.2) is 8.78 Å². The Kier molecular flexibility index (Phi) is 4.62. The summed E-state index contributed by atoms with van der Waals surface area (Å²) in [6.07, 6.45) is -3.15. The molecule has 8 heteroatoms. The van der Waals surface area contributed by atoms with Crippen molar-refractivity contribution in [1.82, 2.24) is 0 Å². The SMILES string of the molecule is CC(N)(Cc1ccc(B(O)O)cc1C(F)F)C(=O)O. The van der Waals surface area contributed by atoms with Crippen molar-refractivity contribution < 1.29 is 28.7 Å². The molecule has 1 atom stereocenters. The predicted molar refractivity (Wildman–Crippen MR) is 65.2 cm³/mol. The molecule has 0 aliphatic rings. The van der Waals surface area contributed by atoms with Crippen LogP contribution in [0.3, 0.4) is 0 Å². The summed E-state index contributed by atoms with van der Waals surface area (Å²) < 4.78 is 25.8. The third-order valence-electron chi connectivity index (χ3n) is 2.75. The smallest absolute Gasteiger partial charge is 0.480 e. The highest BCUT2D eigenvalue weighted by Crippen LogP contribution is 2.24. The van der Waals surface area contributed by atoms with Crippen LogP contribution in [0.4, 0.5) is 8.78 Å². The molecule has 0 aliphatic heterocycles. The van der Waals surface area contributed by atoms with E-state index in [-0.39, 0.29) is 17.4 Å². The molecule has 0 radical (unpaired) electrons. The number of rotatable bonds is 5. The maximum atomic E-state index is 12.9. The van der Waals surface area contributed by atoms with Gasteiger partial charge in [-0.05, 0) is 17.9 Å². The van der Waals surface area contributed by atoms with Crippen LogP contribution in [0.2, 0.25) is 0 Å². The molecule has 0 bridgehead atoms. The van der Waals surface area contributed by atoms with Crippen LogP contribution in [-0.4, -0.2) is 33.8 Å². The van der Waals surface area contributed by atoms with Gasteiger partial charge in [0.1, 0.15) is 5.54 Å². The maximum Gasteiger partial charge on any atom is 0.488 e. The highest BCUT2D eigenvalue weighted by molar-refractivity contribution is 6.58. The number of hydrogen-bond acceptors (Lipinski definition) is 4. The molecular weight excluding hydrogens is 259 g/mol. The fourth-order valence-electron chi connectivity index (χ4n) is 1.61. The van der Waals surface area contributed by atoms with Crippen molar-refractivity contribution in [1.29, 1.82) is 0 Å². The Morgan fingerprint density at radius 2 is 2.05 bits per heavy atom. The molecule has 0 aliphatic carbocycles. The summed E-state index contributed by atoms with van der Waals surface area (Å²) >= 11 is 0. The zero-order valence-electron chi connectivity index (χ0n) is 10.2. The quantitative estimate of drug-likeness (QED) is 0.549. The Bertz CT molecular complexity index is 480. The van der Waals surface area contributed by atoms with E-state index in [2.05, 4.69) is 0 Å². The van der Waals surface area contributed by atoms with Crippen molar-refractivity contribution in [2.45, 2.75) is 25.3 Å². The molecule has 1 rings (SSSR count). The van der Waals surface area contributed by atoms with Crippen LogP contribution >= 0.6 is 0 Å². The Labute approximate surface area is 108 Å². The van der Waals surface area contributed by atoms with E-state index in [1.54, 1.807) is 0 Å². The predicted octanol–water partition coefficient (Wildman–Crippen LogP) is -0.351. The van der Waals surface area contributed by atoms with Crippen LogP contribution in [0.1, 0.15) is 24.5 Å². The summed E-state index contributed by atoms with van der Waals surface area (Å²) in [5.74, 6) is -1.31. The van der Waals surface area contributed by atoms with Gasteiger partial charge in [0.15, 0.2) is 0 Å². The lowest BCUT2D eigenvalue weighted by molar-refractivity contribution is -0.142. The van der Waals surface area contributed by atoms with Crippen LogP contribution in [0, 0.1) is 0 Å². The topological polar surface area (TPSA) is 104 Å². The number of benzene rings is 1. The number of carbonyl (C=O) groups is 1. The summed E-state index contributed by atoms with van der Waals surface area (Å²) in [5, 5.41) is 26.7. The average molecular weight is 273 g/mol. The van der Waals surface area contributed by atoms with Gasteiger partial charge >= 0.3 is 13.1 Å². The summed E-state index contributed by atoms with van der Waals surface area (Å²) in [7, 11) is -1.87. The molecule has 0 saturated carbocycles. The Morgan fingerprint density at radius 1 is 1.47 bits per heavy atom. The lowest BCUT2D eigenvalue weighted by atomic mass is 9.78. The number of carboxylic acids is 1. The van der Waals surface area contributed by atoms with Crippen molar-refractivity contribution in [3.05, 3.63) is 29.3 Å². The number of alkyl halides is 2. The van der Waals surface area contributed by atoms with Gasteiger partial charge < -0.3 is 20.9 Å². The molecule has 1 aromatic rings. The highest BCUT2D eigenvalue weighted by Gasteiger charge is 2.30. The monoisotopic (exact) mass is 273 g/mol. The number of carboxylic acid groups (broad SMARTS) is 1. The lowest BCUT2D eigenvalue weighted by Gasteiger charge is -2.21. The summed E-state index contributed by atoms with van der Waals surface area (Å²) in [6.45, 7) is 1.22. The minimum absolute atomic E-state index is 0.0619. The Balaban J connectivity index is 3.18. The summed E-state index contributed by atoms with van der Waals surface area (Å²) in [4.78, 5) is 10.9. The second-order valence-electron chi connectivity index (χ2n) is 4.53. The lowest BCUT2D eigenvalue weighted by Crippen LogP contribution is -2.47. The molecule has 0 heterocycles. The van der Waals surface area contributed by atoms with E-state index in [4.69, 9.17) is 20.9 Å². The van der Waals surface area contributed by atoms with Crippen molar-refractivity contribution >= 4 is 18.6 Å². The number of halogens is 2. The molecule has 19 heavy (non-hydrogen) atoms. The van der Waals surface area contributed by atoms with Crippen molar-refractivity contribution in [3.63, 3.8) is 0 Å². The fourth-order valence-corrected chi connectivity index (χ4v) is 1.61. The van der Waals surface area contributed by atoms with Crippen LogP contribution in [0.25, 0.3) is 0 Å². The van der Waals surface area contributed by atoms with Gasteiger partial charge in [-0.2, -0.15) is 0 Å². The van der Waals surface area contributed by atoms with E-state index >= 15 is 0 Å². The third kappa shape index (κ3) is 3.73. The molecule has 1 aromatic carbocycles. The second-order valence-corrected chi connectivity index (χ2v) is 4.53. The zero-order chi connectivity index (χ0) is 14.8. The van der Waals surface area contributed by atoms with Gasteiger partial charge in [-0.1, -0.05) is 18.2 Å². The van der Waals surface area contributed by atoms with Crippen LogP contribution < -0.4 is 11.2 Å². The van der Waals surface area contributed by atoms with Crippen molar-refractivity contribution in [3.8, 4) is 0 Å². The third-order valence-corrected chi connectivity index (χ3v) is 2.75. The van der Waals surface area contributed by atoms with E-state index < -0.39 is 30.6 Å². The Morgan fingerprint density at radius 3 is 2.47 bits per heavy atom. The van der Waals surface area contributed by atoms with Gasteiger partial charge in [-0.15, -0.1) is 0 Å². The van der Waals surface area contributed by atoms with E-state index in [0.29, 0.717) is 0 Å². The normalized spacial score (nSPS) is 14.3. The minimum Gasteiger partial charge on any atom is -0.480 e. The second kappa shape index (κ2) is 5.64. The largest absolute Gasteiger partial charge is 0.488 e. The van der Waals surface area contributed by atoms with Gasteiger partial charge in [0.05, 0.1) is 0 Å². The van der Waals surface area contributed by atoms with Gasteiger partial charge in [0.25, 0.3) is 6.43 Å². The molecule has 0 aromatic heterocycles. The molecule has 0 spiro atoms. The molecule has 0 fully saturated rings. The van der Waals surface area contributed by atoms with Crippen molar-refractivity contribution in [2.24, 2.45) is 5.73 Å². The van der Waals surface area contributed by atoms with E-state index in [1.807, 2.05) is 0 Å². The molecule has 104 valence electrons. The van der Waals surface area contributed by atoms with Gasteiger partial charge in [-0.3, -0.25) is 4.79 Å². The standard InChI is InChI=1S/C11H14BF2NO4/c1-11(15,10(16)17)5-6-2-3-7(12(18)19)4-8(6)9(13)14/h2-4,9,18-19H,5,15H2,1H3,(H,16,17). The minimum atomic E-state index is -2.86. The summed E-state index contributed by atoms with van der Waals surface area (Å²) in [5.41, 5.74) is 3.35. The van der Waals surface area contributed by atoms with E-state index in [1.165, 1.54) is 19.1 Å². The fraction of sp³-hybridized carbons (Fsp3) is 0.364. The number of nitrogens with two attached hydrogens (primary N) is 1. The molecule has 0 saturated heterocycles. The Hall–Kier alpha value is -1.51. The molecular formula is C11H14BF2NO4.